The SMILES string of the molecule is CCn1ccc(=O)n(Cc2cc(C(=O)NN)c(C)o2)c1=O. The summed E-state index contributed by atoms with van der Waals surface area (Å²) < 4.78 is 7.86. The predicted molar refractivity (Wildman–Crippen MR) is 74.8 cm³/mol. The van der Waals surface area contributed by atoms with E-state index in [4.69, 9.17) is 10.3 Å². The van der Waals surface area contributed by atoms with Gasteiger partial charge in [-0.1, -0.05) is 0 Å². The highest BCUT2D eigenvalue weighted by molar-refractivity contribution is 5.94. The van der Waals surface area contributed by atoms with Crippen molar-refractivity contribution in [3.63, 3.8) is 0 Å². The Labute approximate surface area is 119 Å². The number of aryl methyl sites for hydroxylation is 2. The molecule has 0 saturated heterocycles. The van der Waals surface area contributed by atoms with Crippen LogP contribution in [-0.4, -0.2) is 15.0 Å². The van der Waals surface area contributed by atoms with E-state index in [0.29, 0.717) is 18.1 Å². The Morgan fingerprint density at radius 1 is 1.43 bits per heavy atom. The molecule has 0 unspecified atom stereocenters. The molecule has 0 bridgehead atoms. The molecule has 2 heterocycles. The van der Waals surface area contributed by atoms with Crippen LogP contribution in [-0.2, 0) is 13.1 Å². The van der Waals surface area contributed by atoms with Crippen molar-refractivity contribution in [3.05, 3.63) is 56.3 Å². The van der Waals surface area contributed by atoms with Gasteiger partial charge in [-0.05, 0) is 19.9 Å². The van der Waals surface area contributed by atoms with Gasteiger partial charge in [-0.25, -0.2) is 10.6 Å². The molecule has 1 amide bonds. The number of nitrogens with two attached hydrogens (primary N) is 1. The van der Waals surface area contributed by atoms with E-state index in [0.717, 1.165) is 4.57 Å². The largest absolute Gasteiger partial charge is 0.464 e. The van der Waals surface area contributed by atoms with E-state index in [1.807, 2.05) is 5.43 Å². The summed E-state index contributed by atoms with van der Waals surface area (Å²) in [6.07, 6.45) is 1.45. The minimum absolute atomic E-state index is 0.0444. The molecule has 0 aliphatic heterocycles. The van der Waals surface area contributed by atoms with Crippen molar-refractivity contribution >= 4 is 5.91 Å². The Kier molecular flexibility index (Phi) is 4.08. The Morgan fingerprint density at radius 3 is 2.76 bits per heavy atom. The zero-order valence-electron chi connectivity index (χ0n) is 11.8. The third kappa shape index (κ3) is 2.79. The number of hydrogen-bond donors (Lipinski definition) is 2. The van der Waals surface area contributed by atoms with E-state index >= 15 is 0 Å². The summed E-state index contributed by atoms with van der Waals surface area (Å²) in [4.78, 5) is 35.4. The summed E-state index contributed by atoms with van der Waals surface area (Å²) in [6.45, 7) is 3.82. The number of nitrogens with one attached hydrogen (secondary N) is 1. The molecule has 2 aromatic rings. The van der Waals surface area contributed by atoms with Crippen LogP contribution in [0.1, 0.15) is 28.8 Å². The van der Waals surface area contributed by atoms with Crippen LogP contribution in [0.15, 0.2) is 32.3 Å². The van der Waals surface area contributed by atoms with Crippen LogP contribution in [0.4, 0.5) is 0 Å². The summed E-state index contributed by atoms with van der Waals surface area (Å²) in [6, 6.07) is 2.78. The smallest absolute Gasteiger partial charge is 0.331 e. The number of aromatic nitrogens is 2. The average Bonchev–Trinajstić information content (AvgIpc) is 2.83. The summed E-state index contributed by atoms with van der Waals surface area (Å²) in [5, 5.41) is 0. The van der Waals surface area contributed by atoms with Crippen LogP contribution >= 0.6 is 0 Å². The zero-order valence-corrected chi connectivity index (χ0v) is 11.8. The molecule has 0 saturated carbocycles. The Morgan fingerprint density at radius 2 is 2.14 bits per heavy atom. The highest BCUT2D eigenvalue weighted by atomic mass is 16.3. The van der Waals surface area contributed by atoms with E-state index in [-0.39, 0.29) is 12.1 Å². The maximum atomic E-state index is 12.1. The molecule has 0 aliphatic rings. The van der Waals surface area contributed by atoms with Crippen molar-refractivity contribution in [2.45, 2.75) is 26.9 Å². The van der Waals surface area contributed by atoms with Gasteiger partial charge in [-0.3, -0.25) is 19.6 Å². The van der Waals surface area contributed by atoms with E-state index in [2.05, 4.69) is 0 Å². The third-order valence-electron chi connectivity index (χ3n) is 3.14. The molecular formula is C13H16N4O4. The number of hydrogen-bond acceptors (Lipinski definition) is 5. The molecule has 0 aromatic carbocycles. The van der Waals surface area contributed by atoms with Crippen LogP contribution in [0.25, 0.3) is 0 Å². The monoisotopic (exact) mass is 292 g/mol. The van der Waals surface area contributed by atoms with Gasteiger partial charge in [0.1, 0.15) is 11.5 Å². The van der Waals surface area contributed by atoms with Crippen molar-refractivity contribution < 1.29 is 9.21 Å². The number of amides is 1. The molecular weight excluding hydrogens is 276 g/mol. The van der Waals surface area contributed by atoms with Gasteiger partial charge >= 0.3 is 5.69 Å². The van der Waals surface area contributed by atoms with Crippen molar-refractivity contribution in [1.29, 1.82) is 0 Å². The number of nitrogens with zero attached hydrogens (tertiary/aromatic N) is 2. The second-order valence-corrected chi connectivity index (χ2v) is 4.46. The first-order chi connectivity index (χ1) is 9.97. The molecule has 0 atom stereocenters. The highest BCUT2D eigenvalue weighted by Gasteiger charge is 2.15. The summed E-state index contributed by atoms with van der Waals surface area (Å²) in [5.41, 5.74) is 1.42. The molecule has 0 spiro atoms. The average molecular weight is 292 g/mol. The lowest BCUT2D eigenvalue weighted by Crippen LogP contribution is -2.38. The normalized spacial score (nSPS) is 10.6. The summed E-state index contributed by atoms with van der Waals surface area (Å²) >= 11 is 0. The second kappa shape index (κ2) is 5.80. The Hall–Kier alpha value is -2.61. The lowest BCUT2D eigenvalue weighted by molar-refractivity contribution is 0.0952. The first kappa shape index (κ1) is 14.8. The van der Waals surface area contributed by atoms with Gasteiger partial charge in [0.05, 0.1) is 12.1 Å². The van der Waals surface area contributed by atoms with Gasteiger partial charge in [-0.2, -0.15) is 0 Å². The first-order valence-electron chi connectivity index (χ1n) is 6.38. The molecule has 2 rings (SSSR count). The van der Waals surface area contributed by atoms with Crippen molar-refractivity contribution in [2.75, 3.05) is 0 Å². The fourth-order valence-corrected chi connectivity index (χ4v) is 2.02. The van der Waals surface area contributed by atoms with Crippen LogP contribution < -0.4 is 22.5 Å². The fourth-order valence-electron chi connectivity index (χ4n) is 2.02. The van der Waals surface area contributed by atoms with Crippen LogP contribution in [0.2, 0.25) is 0 Å². The molecule has 2 aromatic heterocycles. The number of carbonyl (C=O) groups excluding carboxylic acids is 1. The van der Waals surface area contributed by atoms with E-state index in [9.17, 15) is 14.4 Å². The Balaban J connectivity index is 2.42. The zero-order chi connectivity index (χ0) is 15.6. The molecule has 112 valence electrons. The lowest BCUT2D eigenvalue weighted by Gasteiger charge is -2.06. The van der Waals surface area contributed by atoms with Crippen LogP contribution in [0.5, 0.6) is 0 Å². The van der Waals surface area contributed by atoms with Gasteiger partial charge < -0.3 is 8.98 Å². The molecule has 8 heteroatoms. The molecule has 0 radical (unpaired) electrons. The molecule has 8 nitrogen and oxygen atoms in total. The first-order valence-corrected chi connectivity index (χ1v) is 6.38. The second-order valence-electron chi connectivity index (χ2n) is 4.46. The number of carbonyl (C=O) groups is 1. The third-order valence-corrected chi connectivity index (χ3v) is 3.14. The number of hydrazine groups is 1. The van der Waals surface area contributed by atoms with E-state index < -0.39 is 17.2 Å². The van der Waals surface area contributed by atoms with Gasteiger partial charge in [0.25, 0.3) is 11.5 Å². The molecule has 21 heavy (non-hydrogen) atoms. The highest BCUT2D eigenvalue weighted by Crippen LogP contribution is 2.14. The van der Waals surface area contributed by atoms with Gasteiger partial charge in [0, 0.05) is 18.8 Å². The fraction of sp³-hybridized carbons (Fsp3) is 0.308. The number of nitrogen functional groups attached to an aromatic ring is 1. The van der Waals surface area contributed by atoms with Crippen molar-refractivity contribution in [1.82, 2.24) is 14.6 Å². The quantitative estimate of drug-likeness (QED) is 0.451. The molecule has 0 fully saturated rings. The van der Waals surface area contributed by atoms with Crippen molar-refractivity contribution in [2.24, 2.45) is 5.84 Å². The standard InChI is InChI=1S/C13H16N4O4/c1-3-16-5-4-11(18)17(13(16)20)7-9-6-10(8(2)21-9)12(19)15-14/h4-6H,3,7,14H2,1-2H3,(H,15,19). The number of rotatable bonds is 4. The maximum Gasteiger partial charge on any atom is 0.331 e. The van der Waals surface area contributed by atoms with Crippen molar-refractivity contribution in [3.8, 4) is 0 Å². The van der Waals surface area contributed by atoms with Crippen LogP contribution in [0.3, 0.4) is 0 Å². The molecule has 3 N–H and O–H groups in total. The molecule has 0 aliphatic carbocycles. The maximum absolute atomic E-state index is 12.1. The summed E-state index contributed by atoms with van der Waals surface area (Å²) in [7, 11) is 0. The predicted octanol–water partition coefficient (Wildman–Crippen LogP) is -0.417. The Bertz CT molecular complexity index is 784. The van der Waals surface area contributed by atoms with E-state index in [1.54, 1.807) is 13.8 Å². The van der Waals surface area contributed by atoms with Crippen LogP contribution in [0, 0.1) is 6.92 Å². The summed E-state index contributed by atoms with van der Waals surface area (Å²) in [5.74, 6) is 5.28. The van der Waals surface area contributed by atoms with Gasteiger partial charge in [-0.15, -0.1) is 0 Å². The topological polar surface area (TPSA) is 112 Å². The van der Waals surface area contributed by atoms with E-state index in [1.165, 1.54) is 22.9 Å². The lowest BCUT2D eigenvalue weighted by atomic mass is 10.2. The van der Waals surface area contributed by atoms with Gasteiger partial charge in [0.15, 0.2) is 0 Å². The number of furan rings is 1. The van der Waals surface area contributed by atoms with Gasteiger partial charge in [0.2, 0.25) is 0 Å². The minimum atomic E-state index is -0.492. The minimum Gasteiger partial charge on any atom is -0.464 e.